The third-order valence-electron chi connectivity index (χ3n) is 0.271. The zero-order valence-electron chi connectivity index (χ0n) is 5.79. The predicted octanol–water partition coefficient (Wildman–Crippen LogP) is -4.36. The minimum absolute atomic E-state index is 0. The van der Waals surface area contributed by atoms with E-state index in [-0.39, 0.29) is 20.3 Å². The Morgan fingerprint density at radius 2 is 2.12 bits per heavy atom. The number of hydrogen-bond donors (Lipinski definition) is 2. The molecule has 6 heteroatoms. The second kappa shape index (κ2) is 5.19. The fourth-order valence-electron chi connectivity index (χ4n) is 0.148. The van der Waals surface area contributed by atoms with Gasteiger partial charge in [-0.2, -0.15) is 0 Å². The van der Waals surface area contributed by atoms with Gasteiger partial charge in [-0.1, -0.05) is 0 Å². The van der Waals surface area contributed by atoms with E-state index in [1.807, 2.05) is 0 Å². The molecule has 42 valence electrons. The normalized spacial score (nSPS) is 6.88. The van der Waals surface area contributed by atoms with Crippen LogP contribution in [0.15, 0.2) is 0 Å². The quantitative estimate of drug-likeness (QED) is 0.336. The summed E-state index contributed by atoms with van der Waals surface area (Å²) in [6, 6.07) is 0. The average molecular weight is 112 g/mol. The van der Waals surface area contributed by atoms with Gasteiger partial charge in [-0.25, -0.2) is 0 Å². The predicted molar refractivity (Wildman–Crippen MR) is 23.1 cm³/mol. The summed E-state index contributed by atoms with van der Waals surface area (Å²) in [7, 11) is -1.97. The van der Waals surface area contributed by atoms with Gasteiger partial charge >= 0.3 is 26.2 Å². The van der Waals surface area contributed by atoms with Crippen molar-refractivity contribution in [1.29, 1.82) is 0 Å². The van der Waals surface area contributed by atoms with Crippen LogP contribution in [-0.2, 0) is 9.45 Å². The average Bonchev–Trinajstić information content (AvgIpc) is 1.27. The van der Waals surface area contributed by atoms with Crippen molar-refractivity contribution < 1.29 is 39.8 Å². The van der Waals surface area contributed by atoms with Crippen LogP contribution in [0.1, 0.15) is 8.35 Å². The van der Waals surface area contributed by atoms with Crippen molar-refractivity contribution in [2.24, 2.45) is 0 Å². The molecule has 0 saturated carbocycles. The largest absolute Gasteiger partial charge is 1.00 e. The molecule has 0 rings (SSSR count). The molecule has 0 saturated heterocycles. The van der Waals surface area contributed by atoms with Gasteiger partial charge in [0.2, 0.25) is 0 Å². The SMILES string of the molecule is CC(=O)OB(O)O.[H-].[Li+]. The standard InChI is InChI=1S/C2H5BO4.Li.H/c1-2(4)7-3(5)6;;/h5-6H,1H3;;/q;+1;-1. The molecule has 0 atom stereocenters. The van der Waals surface area contributed by atoms with Gasteiger partial charge in [-0.3, -0.25) is 4.79 Å². The monoisotopic (exact) mass is 112 g/mol. The molecule has 0 aromatic carbocycles. The summed E-state index contributed by atoms with van der Waals surface area (Å²) >= 11 is 0. The van der Waals surface area contributed by atoms with Gasteiger partial charge in [0.25, 0.3) is 5.97 Å². The van der Waals surface area contributed by atoms with Crippen molar-refractivity contribution in [1.82, 2.24) is 0 Å². The van der Waals surface area contributed by atoms with Gasteiger partial charge in [0.15, 0.2) is 0 Å². The Kier molecular flexibility index (Phi) is 7.10. The van der Waals surface area contributed by atoms with E-state index in [2.05, 4.69) is 4.65 Å². The van der Waals surface area contributed by atoms with E-state index in [0.29, 0.717) is 0 Å². The summed E-state index contributed by atoms with van der Waals surface area (Å²) in [5.41, 5.74) is 0. The molecule has 0 aliphatic heterocycles. The van der Waals surface area contributed by atoms with Gasteiger partial charge in [0.1, 0.15) is 0 Å². The Balaban J connectivity index is -0.000000180. The molecule has 0 radical (unpaired) electrons. The van der Waals surface area contributed by atoms with Crippen LogP contribution in [0.3, 0.4) is 0 Å². The molecule has 4 nitrogen and oxygen atoms in total. The Bertz CT molecular complexity index is 79.0. The molecule has 0 aliphatic rings. The maximum atomic E-state index is 9.71. The van der Waals surface area contributed by atoms with Crippen LogP contribution in [0.2, 0.25) is 0 Å². The summed E-state index contributed by atoms with van der Waals surface area (Å²) in [6.45, 7) is 1.08. The Morgan fingerprint density at radius 3 is 2.12 bits per heavy atom. The van der Waals surface area contributed by atoms with E-state index in [1.165, 1.54) is 0 Å². The summed E-state index contributed by atoms with van der Waals surface area (Å²) < 4.78 is 3.72. The van der Waals surface area contributed by atoms with E-state index >= 15 is 0 Å². The zero-order valence-corrected chi connectivity index (χ0v) is 4.79. The minimum atomic E-state index is -1.97. The van der Waals surface area contributed by atoms with Crippen LogP contribution in [-0.4, -0.2) is 23.3 Å². The van der Waals surface area contributed by atoms with Crippen molar-refractivity contribution in [2.45, 2.75) is 6.92 Å². The van der Waals surface area contributed by atoms with Crippen LogP contribution in [0.25, 0.3) is 0 Å². The number of carbonyl (C=O) groups is 1. The number of carbonyl (C=O) groups excluding carboxylic acids is 1. The molecular weight excluding hydrogens is 106 g/mol. The fraction of sp³-hybridized carbons (Fsp3) is 0.500. The van der Waals surface area contributed by atoms with Crippen molar-refractivity contribution in [3.63, 3.8) is 0 Å². The summed E-state index contributed by atoms with van der Waals surface area (Å²) in [5, 5.41) is 15.7. The molecule has 0 spiro atoms. The Labute approximate surface area is 60.7 Å². The van der Waals surface area contributed by atoms with E-state index in [0.717, 1.165) is 6.92 Å². The molecule has 2 N–H and O–H groups in total. The first kappa shape index (κ1) is 10.9. The van der Waals surface area contributed by atoms with Crippen molar-refractivity contribution >= 4 is 13.3 Å². The molecule has 0 aromatic heterocycles. The van der Waals surface area contributed by atoms with E-state index in [9.17, 15) is 4.79 Å². The maximum absolute atomic E-state index is 9.71. The van der Waals surface area contributed by atoms with Crippen molar-refractivity contribution in [3.05, 3.63) is 0 Å². The van der Waals surface area contributed by atoms with Gasteiger partial charge in [-0.15, -0.1) is 0 Å². The first-order valence-corrected chi connectivity index (χ1v) is 1.66. The van der Waals surface area contributed by atoms with Crippen LogP contribution in [0, 0.1) is 0 Å². The van der Waals surface area contributed by atoms with E-state index < -0.39 is 13.3 Å². The second-order valence-corrected chi connectivity index (χ2v) is 0.936. The molecule has 0 aliphatic carbocycles. The minimum Gasteiger partial charge on any atom is -1.00 e. The fourth-order valence-corrected chi connectivity index (χ4v) is 0.148. The molecule has 0 heterocycles. The van der Waals surface area contributed by atoms with Crippen molar-refractivity contribution in [2.75, 3.05) is 0 Å². The number of hydrogen-bond acceptors (Lipinski definition) is 4. The molecule has 0 bridgehead atoms. The zero-order chi connectivity index (χ0) is 5.86. The van der Waals surface area contributed by atoms with Gasteiger partial charge in [0.05, 0.1) is 0 Å². The van der Waals surface area contributed by atoms with Gasteiger partial charge < -0.3 is 16.1 Å². The van der Waals surface area contributed by atoms with Crippen LogP contribution < -0.4 is 18.9 Å². The molecule has 0 unspecified atom stereocenters. The summed E-state index contributed by atoms with van der Waals surface area (Å²) in [6.07, 6.45) is 0. The molecule has 0 aromatic rings. The summed E-state index contributed by atoms with van der Waals surface area (Å²) in [5.74, 6) is -0.713. The first-order valence-electron chi connectivity index (χ1n) is 1.66. The smallest absolute Gasteiger partial charge is 1.00 e. The summed E-state index contributed by atoms with van der Waals surface area (Å²) in [4.78, 5) is 9.71. The third kappa shape index (κ3) is 9.41. The van der Waals surface area contributed by atoms with Crippen molar-refractivity contribution in [3.8, 4) is 0 Å². The molecule has 0 fully saturated rings. The Morgan fingerprint density at radius 1 is 1.75 bits per heavy atom. The van der Waals surface area contributed by atoms with Crippen LogP contribution >= 0.6 is 0 Å². The van der Waals surface area contributed by atoms with E-state index in [1.54, 1.807) is 0 Å². The number of rotatable bonds is 1. The Hall–Kier alpha value is 0.0523. The topological polar surface area (TPSA) is 66.8 Å². The van der Waals surface area contributed by atoms with E-state index in [4.69, 9.17) is 10.0 Å². The maximum Gasteiger partial charge on any atom is 1.00 e. The van der Waals surface area contributed by atoms with Gasteiger partial charge in [0, 0.05) is 6.92 Å². The second-order valence-electron chi connectivity index (χ2n) is 0.936. The van der Waals surface area contributed by atoms with Crippen LogP contribution in [0.5, 0.6) is 0 Å². The molecule has 8 heavy (non-hydrogen) atoms. The molecule has 0 amide bonds. The van der Waals surface area contributed by atoms with Gasteiger partial charge in [-0.05, 0) is 0 Å². The molecular formula is C2H6BLiO4. The third-order valence-corrected chi connectivity index (χ3v) is 0.271. The van der Waals surface area contributed by atoms with Crippen LogP contribution in [0.4, 0.5) is 0 Å². The first-order chi connectivity index (χ1) is 3.13.